The predicted molar refractivity (Wildman–Crippen MR) is 84.7 cm³/mol. The Labute approximate surface area is 127 Å². The maximum atomic E-state index is 11.6. The third-order valence-electron chi connectivity index (χ3n) is 3.38. The zero-order valence-corrected chi connectivity index (χ0v) is 12.6. The second-order valence-electron chi connectivity index (χ2n) is 5.32. The Morgan fingerprint density at radius 1 is 0.905 bits per heavy atom. The number of rotatable bonds is 11. The minimum Gasteiger partial charge on any atom is -0.370 e. The van der Waals surface area contributed by atoms with E-state index in [0.717, 1.165) is 38.5 Å². The smallest absolute Gasteiger partial charge is 0.219 e. The van der Waals surface area contributed by atoms with Crippen molar-refractivity contribution in [3.63, 3.8) is 0 Å². The van der Waals surface area contributed by atoms with Crippen LogP contribution in [-0.4, -0.2) is 18.4 Å². The number of unbranched alkanes of at least 4 members (excludes halogenated alkanes) is 3. The van der Waals surface area contributed by atoms with E-state index in [4.69, 9.17) is 5.73 Å². The highest BCUT2D eigenvalue weighted by Crippen LogP contribution is 2.06. The molecule has 0 aliphatic rings. The van der Waals surface area contributed by atoms with Crippen molar-refractivity contribution < 1.29 is 9.59 Å². The lowest BCUT2D eigenvalue weighted by Crippen LogP contribution is -2.24. The van der Waals surface area contributed by atoms with Crippen molar-refractivity contribution in [2.75, 3.05) is 6.54 Å². The standard InChI is InChI=1S/C17H26N2O2/c18-16(20)12-5-2-8-14-19-17(21)13-7-6-11-15-9-3-1-4-10-15/h1,3-4,9-10H,2,5-8,11-14H2,(H2,18,20)(H,19,21). The van der Waals surface area contributed by atoms with Gasteiger partial charge in [0.2, 0.25) is 11.8 Å². The summed E-state index contributed by atoms with van der Waals surface area (Å²) in [4.78, 5) is 22.2. The zero-order chi connectivity index (χ0) is 15.3. The molecule has 0 aliphatic heterocycles. The van der Waals surface area contributed by atoms with Gasteiger partial charge in [0.1, 0.15) is 0 Å². The first-order chi connectivity index (χ1) is 10.2. The SMILES string of the molecule is NC(=O)CCCCCNC(=O)CCCCc1ccccc1. The summed E-state index contributed by atoms with van der Waals surface area (Å²) >= 11 is 0. The minimum atomic E-state index is -0.252. The summed E-state index contributed by atoms with van der Waals surface area (Å²) in [5.74, 6) is -0.129. The number of carbonyl (C=O) groups is 2. The second-order valence-corrected chi connectivity index (χ2v) is 5.32. The van der Waals surface area contributed by atoms with Crippen LogP contribution < -0.4 is 11.1 Å². The summed E-state index contributed by atoms with van der Waals surface area (Å²) in [6, 6.07) is 10.3. The first kappa shape index (κ1) is 17.2. The molecule has 1 aromatic rings. The number of primary amides is 1. The average Bonchev–Trinajstić information content (AvgIpc) is 2.48. The van der Waals surface area contributed by atoms with E-state index in [-0.39, 0.29) is 11.8 Å². The lowest BCUT2D eigenvalue weighted by atomic mass is 10.1. The van der Waals surface area contributed by atoms with Crippen molar-refractivity contribution in [1.29, 1.82) is 0 Å². The van der Waals surface area contributed by atoms with E-state index >= 15 is 0 Å². The molecule has 0 saturated carbocycles. The molecule has 1 rings (SSSR count). The molecule has 0 spiro atoms. The number of benzene rings is 1. The highest BCUT2D eigenvalue weighted by atomic mass is 16.1. The van der Waals surface area contributed by atoms with Gasteiger partial charge in [-0.1, -0.05) is 36.8 Å². The second kappa shape index (κ2) is 10.9. The Morgan fingerprint density at radius 3 is 2.33 bits per heavy atom. The monoisotopic (exact) mass is 290 g/mol. The van der Waals surface area contributed by atoms with Crippen LogP contribution in [0.3, 0.4) is 0 Å². The molecule has 0 atom stereocenters. The summed E-state index contributed by atoms with van der Waals surface area (Å²) in [7, 11) is 0. The van der Waals surface area contributed by atoms with Crippen molar-refractivity contribution in [3.8, 4) is 0 Å². The Bertz CT molecular complexity index is 418. The van der Waals surface area contributed by atoms with E-state index in [1.807, 2.05) is 18.2 Å². The van der Waals surface area contributed by atoms with Gasteiger partial charge in [-0.15, -0.1) is 0 Å². The van der Waals surface area contributed by atoms with E-state index in [1.54, 1.807) is 0 Å². The van der Waals surface area contributed by atoms with E-state index in [9.17, 15) is 9.59 Å². The van der Waals surface area contributed by atoms with Crippen LogP contribution in [0.4, 0.5) is 0 Å². The maximum Gasteiger partial charge on any atom is 0.219 e. The topological polar surface area (TPSA) is 72.2 Å². The lowest BCUT2D eigenvalue weighted by molar-refractivity contribution is -0.121. The fraction of sp³-hybridized carbons (Fsp3) is 0.529. The first-order valence-corrected chi connectivity index (χ1v) is 7.77. The Kier molecular flexibility index (Phi) is 8.93. The third kappa shape index (κ3) is 9.66. The van der Waals surface area contributed by atoms with Gasteiger partial charge in [0.05, 0.1) is 0 Å². The van der Waals surface area contributed by atoms with Crippen molar-refractivity contribution in [2.24, 2.45) is 5.73 Å². The molecule has 0 fully saturated rings. The van der Waals surface area contributed by atoms with Crippen LogP contribution in [0.5, 0.6) is 0 Å². The van der Waals surface area contributed by atoms with Gasteiger partial charge in [-0.2, -0.15) is 0 Å². The van der Waals surface area contributed by atoms with Gasteiger partial charge < -0.3 is 11.1 Å². The van der Waals surface area contributed by atoms with Crippen molar-refractivity contribution in [1.82, 2.24) is 5.32 Å². The fourth-order valence-electron chi connectivity index (χ4n) is 2.18. The zero-order valence-electron chi connectivity index (χ0n) is 12.6. The average molecular weight is 290 g/mol. The van der Waals surface area contributed by atoms with E-state index in [1.165, 1.54) is 5.56 Å². The van der Waals surface area contributed by atoms with E-state index in [2.05, 4.69) is 17.4 Å². The number of nitrogens with one attached hydrogen (secondary N) is 1. The molecule has 0 radical (unpaired) electrons. The normalized spacial score (nSPS) is 10.3. The third-order valence-corrected chi connectivity index (χ3v) is 3.38. The molecule has 0 aliphatic carbocycles. The quantitative estimate of drug-likeness (QED) is 0.615. The minimum absolute atomic E-state index is 0.123. The molecule has 4 nitrogen and oxygen atoms in total. The number of hydrogen-bond donors (Lipinski definition) is 2. The van der Waals surface area contributed by atoms with Crippen LogP contribution >= 0.6 is 0 Å². The van der Waals surface area contributed by atoms with Crippen LogP contribution in [0.1, 0.15) is 50.5 Å². The fourth-order valence-corrected chi connectivity index (χ4v) is 2.18. The number of aryl methyl sites for hydroxylation is 1. The largest absolute Gasteiger partial charge is 0.370 e. The van der Waals surface area contributed by atoms with Gasteiger partial charge >= 0.3 is 0 Å². The number of amides is 2. The molecule has 21 heavy (non-hydrogen) atoms. The van der Waals surface area contributed by atoms with Crippen LogP contribution in [0.15, 0.2) is 30.3 Å². The number of carbonyl (C=O) groups excluding carboxylic acids is 2. The molecule has 3 N–H and O–H groups in total. The van der Waals surface area contributed by atoms with Gasteiger partial charge in [-0.05, 0) is 37.7 Å². The summed E-state index contributed by atoms with van der Waals surface area (Å²) < 4.78 is 0. The van der Waals surface area contributed by atoms with Crippen LogP contribution in [-0.2, 0) is 16.0 Å². The van der Waals surface area contributed by atoms with Crippen molar-refractivity contribution in [3.05, 3.63) is 35.9 Å². The highest BCUT2D eigenvalue weighted by Gasteiger charge is 2.01. The van der Waals surface area contributed by atoms with Gasteiger partial charge in [-0.3, -0.25) is 9.59 Å². The lowest BCUT2D eigenvalue weighted by Gasteiger charge is -2.05. The van der Waals surface area contributed by atoms with Gasteiger partial charge in [0.25, 0.3) is 0 Å². The van der Waals surface area contributed by atoms with Gasteiger partial charge in [-0.25, -0.2) is 0 Å². The first-order valence-electron chi connectivity index (χ1n) is 7.77. The van der Waals surface area contributed by atoms with Crippen LogP contribution in [0.25, 0.3) is 0 Å². The van der Waals surface area contributed by atoms with Crippen molar-refractivity contribution >= 4 is 11.8 Å². The Hall–Kier alpha value is -1.84. The number of nitrogens with two attached hydrogens (primary N) is 1. The maximum absolute atomic E-state index is 11.6. The molecular formula is C17H26N2O2. The molecule has 0 bridgehead atoms. The van der Waals surface area contributed by atoms with Crippen molar-refractivity contribution in [2.45, 2.75) is 51.4 Å². The van der Waals surface area contributed by atoms with E-state index in [0.29, 0.717) is 19.4 Å². The molecule has 4 heteroatoms. The molecule has 0 aromatic heterocycles. The molecule has 0 saturated heterocycles. The molecule has 0 heterocycles. The summed E-state index contributed by atoms with van der Waals surface area (Å²) in [6.45, 7) is 0.691. The molecule has 1 aromatic carbocycles. The molecule has 116 valence electrons. The Morgan fingerprint density at radius 2 is 1.62 bits per heavy atom. The Balaban J connectivity index is 1.93. The predicted octanol–water partition coefficient (Wildman–Crippen LogP) is 2.56. The number of hydrogen-bond acceptors (Lipinski definition) is 2. The van der Waals surface area contributed by atoms with Gasteiger partial charge in [0, 0.05) is 19.4 Å². The molecular weight excluding hydrogens is 264 g/mol. The summed E-state index contributed by atoms with van der Waals surface area (Å²) in [5.41, 5.74) is 6.38. The van der Waals surface area contributed by atoms with Gasteiger partial charge in [0.15, 0.2) is 0 Å². The highest BCUT2D eigenvalue weighted by molar-refractivity contribution is 5.75. The van der Waals surface area contributed by atoms with Crippen LogP contribution in [0.2, 0.25) is 0 Å². The summed E-state index contributed by atoms with van der Waals surface area (Å²) in [6.07, 6.45) is 6.66. The summed E-state index contributed by atoms with van der Waals surface area (Å²) in [5, 5.41) is 2.91. The van der Waals surface area contributed by atoms with Crippen LogP contribution in [0, 0.1) is 0 Å². The van der Waals surface area contributed by atoms with E-state index < -0.39 is 0 Å². The molecule has 2 amide bonds. The molecule has 0 unspecified atom stereocenters.